The summed E-state index contributed by atoms with van der Waals surface area (Å²) >= 11 is 0. The van der Waals surface area contributed by atoms with Crippen LogP contribution in [-0.4, -0.2) is 29.9 Å². The van der Waals surface area contributed by atoms with Gasteiger partial charge in [-0.2, -0.15) is 5.10 Å². The maximum atomic E-state index is 11.8. The molecule has 6 heteroatoms. The van der Waals surface area contributed by atoms with Gasteiger partial charge in [0, 0.05) is 11.3 Å². The topological polar surface area (TPSA) is 83.0 Å². The Morgan fingerprint density at radius 2 is 1.96 bits per heavy atom. The number of ether oxygens (including phenoxy) is 1. The molecule has 3 N–H and O–H groups in total. The second-order valence-electron chi connectivity index (χ2n) is 5.09. The Balaban J connectivity index is 1.83. The van der Waals surface area contributed by atoms with E-state index in [4.69, 9.17) is 4.74 Å². The Morgan fingerprint density at radius 1 is 1.21 bits per heavy atom. The fourth-order valence-electron chi connectivity index (χ4n) is 2.00. The second-order valence-corrected chi connectivity index (χ2v) is 5.09. The minimum Gasteiger partial charge on any atom is -0.508 e. The third kappa shape index (κ3) is 5.31. The summed E-state index contributed by atoms with van der Waals surface area (Å²) in [5.41, 5.74) is 4.66. The number of hydrazone groups is 1. The van der Waals surface area contributed by atoms with E-state index in [1.54, 1.807) is 25.1 Å². The zero-order valence-electron chi connectivity index (χ0n) is 13.7. The summed E-state index contributed by atoms with van der Waals surface area (Å²) in [5, 5.41) is 16.5. The average Bonchev–Trinajstić information content (AvgIpc) is 2.59. The zero-order chi connectivity index (χ0) is 17.4. The van der Waals surface area contributed by atoms with Crippen LogP contribution in [0.3, 0.4) is 0 Å². The number of hydrogen-bond donors (Lipinski definition) is 3. The number of phenols is 1. The summed E-state index contributed by atoms with van der Waals surface area (Å²) in [4.78, 5) is 11.8. The molecule has 0 aliphatic heterocycles. The minimum absolute atomic E-state index is 0.102. The molecule has 0 radical (unpaired) electrons. The quantitative estimate of drug-likeness (QED) is 0.539. The number of anilines is 1. The first-order chi connectivity index (χ1) is 11.6. The SMILES string of the molecule is CCOc1ccc(NCC(=O)N/N=C(/C)c2cccc(O)c2)cc1. The van der Waals surface area contributed by atoms with Gasteiger partial charge >= 0.3 is 0 Å². The van der Waals surface area contributed by atoms with Gasteiger partial charge in [0.1, 0.15) is 11.5 Å². The highest BCUT2D eigenvalue weighted by molar-refractivity contribution is 5.99. The van der Waals surface area contributed by atoms with Crippen molar-refractivity contribution in [1.82, 2.24) is 5.43 Å². The van der Waals surface area contributed by atoms with Crippen LogP contribution in [0.15, 0.2) is 53.6 Å². The summed E-state index contributed by atoms with van der Waals surface area (Å²) in [7, 11) is 0. The Kier molecular flexibility index (Phi) is 6.19. The molecular formula is C18H21N3O3. The smallest absolute Gasteiger partial charge is 0.259 e. The molecule has 24 heavy (non-hydrogen) atoms. The van der Waals surface area contributed by atoms with Crippen molar-refractivity contribution in [2.45, 2.75) is 13.8 Å². The third-order valence-corrected chi connectivity index (χ3v) is 3.23. The lowest BCUT2D eigenvalue weighted by atomic mass is 10.1. The normalized spacial score (nSPS) is 11.0. The molecular weight excluding hydrogens is 306 g/mol. The van der Waals surface area contributed by atoms with Gasteiger partial charge in [0.2, 0.25) is 0 Å². The van der Waals surface area contributed by atoms with Crippen molar-refractivity contribution in [2.75, 3.05) is 18.5 Å². The van der Waals surface area contributed by atoms with Gasteiger partial charge in [-0.25, -0.2) is 5.43 Å². The molecule has 6 nitrogen and oxygen atoms in total. The third-order valence-electron chi connectivity index (χ3n) is 3.23. The predicted molar refractivity (Wildman–Crippen MR) is 94.6 cm³/mol. The van der Waals surface area contributed by atoms with E-state index in [1.807, 2.05) is 37.3 Å². The van der Waals surface area contributed by atoms with Crippen molar-refractivity contribution in [3.05, 3.63) is 54.1 Å². The van der Waals surface area contributed by atoms with Crippen molar-refractivity contribution < 1.29 is 14.6 Å². The molecule has 0 saturated heterocycles. The van der Waals surface area contributed by atoms with E-state index in [-0.39, 0.29) is 18.2 Å². The van der Waals surface area contributed by atoms with Crippen LogP contribution in [0.25, 0.3) is 0 Å². The van der Waals surface area contributed by atoms with Crippen LogP contribution in [0.1, 0.15) is 19.4 Å². The predicted octanol–water partition coefficient (Wildman–Crippen LogP) is 2.74. The lowest BCUT2D eigenvalue weighted by Crippen LogP contribution is -2.26. The van der Waals surface area contributed by atoms with Crippen LogP contribution < -0.4 is 15.5 Å². The summed E-state index contributed by atoms with van der Waals surface area (Å²) in [6.45, 7) is 4.40. The number of amides is 1. The number of nitrogens with zero attached hydrogens (tertiary/aromatic N) is 1. The highest BCUT2D eigenvalue weighted by Gasteiger charge is 2.02. The molecule has 0 atom stereocenters. The van der Waals surface area contributed by atoms with E-state index in [0.717, 1.165) is 17.0 Å². The number of phenolic OH excluding ortho intramolecular Hbond substituents is 1. The first kappa shape index (κ1) is 17.3. The molecule has 0 aliphatic rings. The van der Waals surface area contributed by atoms with Crippen LogP contribution >= 0.6 is 0 Å². The van der Waals surface area contributed by atoms with Crippen molar-refractivity contribution >= 4 is 17.3 Å². The molecule has 2 aromatic carbocycles. The lowest BCUT2D eigenvalue weighted by Gasteiger charge is -2.08. The molecule has 2 rings (SSSR count). The number of nitrogens with one attached hydrogen (secondary N) is 2. The molecule has 0 aliphatic carbocycles. The summed E-state index contributed by atoms with van der Waals surface area (Å²) in [6, 6.07) is 14.1. The van der Waals surface area contributed by atoms with E-state index in [0.29, 0.717) is 12.3 Å². The maximum absolute atomic E-state index is 11.8. The average molecular weight is 327 g/mol. The number of benzene rings is 2. The fraction of sp³-hybridized carbons (Fsp3) is 0.222. The molecule has 0 aromatic heterocycles. The van der Waals surface area contributed by atoms with E-state index in [2.05, 4.69) is 15.8 Å². The number of hydrogen-bond acceptors (Lipinski definition) is 5. The molecule has 0 spiro atoms. The molecule has 0 bridgehead atoms. The van der Waals surface area contributed by atoms with Crippen LogP contribution in [0.2, 0.25) is 0 Å². The van der Waals surface area contributed by atoms with E-state index < -0.39 is 0 Å². The summed E-state index contributed by atoms with van der Waals surface area (Å²) in [6.07, 6.45) is 0. The van der Waals surface area contributed by atoms with E-state index in [1.165, 1.54) is 0 Å². The highest BCUT2D eigenvalue weighted by Crippen LogP contribution is 2.15. The molecule has 0 saturated carbocycles. The van der Waals surface area contributed by atoms with Crippen molar-refractivity contribution in [1.29, 1.82) is 0 Å². The maximum Gasteiger partial charge on any atom is 0.259 e. The highest BCUT2D eigenvalue weighted by atomic mass is 16.5. The number of aromatic hydroxyl groups is 1. The Bertz CT molecular complexity index is 712. The second kappa shape index (κ2) is 8.57. The molecule has 1 amide bonds. The lowest BCUT2D eigenvalue weighted by molar-refractivity contribution is -0.119. The largest absolute Gasteiger partial charge is 0.508 e. The van der Waals surface area contributed by atoms with Gasteiger partial charge in [0.25, 0.3) is 5.91 Å². The van der Waals surface area contributed by atoms with Crippen LogP contribution in [0.5, 0.6) is 11.5 Å². The van der Waals surface area contributed by atoms with E-state index in [9.17, 15) is 9.90 Å². The molecule has 0 heterocycles. The van der Waals surface area contributed by atoms with Crippen LogP contribution in [-0.2, 0) is 4.79 Å². The van der Waals surface area contributed by atoms with Crippen molar-refractivity contribution in [3.63, 3.8) is 0 Å². The fourth-order valence-corrected chi connectivity index (χ4v) is 2.00. The van der Waals surface area contributed by atoms with Gasteiger partial charge in [0.05, 0.1) is 18.9 Å². The van der Waals surface area contributed by atoms with Gasteiger partial charge in [0.15, 0.2) is 0 Å². The molecule has 0 fully saturated rings. The van der Waals surface area contributed by atoms with Gasteiger partial charge in [-0.05, 0) is 50.2 Å². The molecule has 2 aromatic rings. The van der Waals surface area contributed by atoms with Crippen molar-refractivity contribution in [3.8, 4) is 11.5 Å². The summed E-state index contributed by atoms with van der Waals surface area (Å²) in [5.74, 6) is 0.688. The minimum atomic E-state index is -0.261. The van der Waals surface area contributed by atoms with Gasteiger partial charge in [-0.3, -0.25) is 4.79 Å². The van der Waals surface area contributed by atoms with Crippen LogP contribution in [0, 0.1) is 0 Å². The Labute approximate surface area is 141 Å². The Morgan fingerprint density at radius 3 is 2.62 bits per heavy atom. The van der Waals surface area contributed by atoms with Crippen molar-refractivity contribution in [2.24, 2.45) is 5.10 Å². The van der Waals surface area contributed by atoms with Gasteiger partial charge in [-0.1, -0.05) is 12.1 Å². The Hall–Kier alpha value is -3.02. The number of carbonyl (C=O) groups is 1. The van der Waals surface area contributed by atoms with Gasteiger partial charge < -0.3 is 15.2 Å². The van der Waals surface area contributed by atoms with E-state index >= 15 is 0 Å². The van der Waals surface area contributed by atoms with Gasteiger partial charge in [-0.15, -0.1) is 0 Å². The zero-order valence-corrected chi connectivity index (χ0v) is 13.7. The number of carbonyl (C=O) groups excluding carboxylic acids is 1. The molecule has 126 valence electrons. The van der Waals surface area contributed by atoms with Crippen LogP contribution in [0.4, 0.5) is 5.69 Å². The first-order valence-corrected chi connectivity index (χ1v) is 7.67. The molecule has 0 unspecified atom stereocenters. The number of rotatable bonds is 7. The standard InChI is InChI=1S/C18H21N3O3/c1-3-24-17-9-7-15(8-10-17)19-12-18(23)21-20-13(2)14-5-4-6-16(22)11-14/h4-11,19,22H,3,12H2,1-2H3,(H,21,23)/b20-13-. The summed E-state index contributed by atoms with van der Waals surface area (Å²) < 4.78 is 5.36. The first-order valence-electron chi connectivity index (χ1n) is 7.67. The monoisotopic (exact) mass is 327 g/mol.